The van der Waals surface area contributed by atoms with E-state index >= 15 is 0 Å². The second-order valence-electron chi connectivity index (χ2n) is 4.30. The van der Waals surface area contributed by atoms with Gasteiger partial charge in [0.1, 0.15) is 11.3 Å². The molecule has 0 saturated carbocycles. The summed E-state index contributed by atoms with van der Waals surface area (Å²) in [6, 6.07) is 1.99. The van der Waals surface area contributed by atoms with Crippen LogP contribution >= 0.6 is 11.3 Å². The molecule has 1 unspecified atom stereocenters. The molecular formula is C13H8F2N2OS. The maximum atomic E-state index is 13.6. The Morgan fingerprint density at radius 2 is 2.26 bits per heavy atom. The molecular weight excluding hydrogens is 270 g/mol. The number of terminal acetylenes is 1. The molecule has 19 heavy (non-hydrogen) atoms. The van der Waals surface area contributed by atoms with Gasteiger partial charge in [-0.25, -0.2) is 13.8 Å². The highest BCUT2D eigenvalue weighted by atomic mass is 32.1. The van der Waals surface area contributed by atoms with Crippen LogP contribution in [0.25, 0.3) is 10.2 Å². The summed E-state index contributed by atoms with van der Waals surface area (Å²) >= 11 is 1.08. The third-order valence-corrected chi connectivity index (χ3v) is 4.02. The Morgan fingerprint density at radius 3 is 2.95 bits per heavy atom. The highest BCUT2D eigenvalue weighted by molar-refractivity contribution is 7.22. The van der Waals surface area contributed by atoms with E-state index in [9.17, 15) is 13.6 Å². The molecule has 1 fully saturated rings. The maximum absolute atomic E-state index is 13.6. The molecule has 1 aliphatic heterocycles. The number of carbonyl (C=O) groups excluding carboxylic acids is 1. The summed E-state index contributed by atoms with van der Waals surface area (Å²) in [7, 11) is 0. The smallest absolute Gasteiger partial charge is 0.230 e. The largest absolute Gasteiger partial charge is 0.287 e. The molecule has 0 spiro atoms. The molecule has 6 heteroatoms. The van der Waals surface area contributed by atoms with Gasteiger partial charge in [0.15, 0.2) is 10.9 Å². The van der Waals surface area contributed by atoms with Gasteiger partial charge in [-0.15, -0.1) is 12.3 Å². The summed E-state index contributed by atoms with van der Waals surface area (Å²) in [6.45, 7) is 0.374. The van der Waals surface area contributed by atoms with Crippen LogP contribution < -0.4 is 4.90 Å². The molecule has 1 aliphatic rings. The van der Waals surface area contributed by atoms with Gasteiger partial charge in [-0.2, -0.15) is 0 Å². The van der Waals surface area contributed by atoms with Crippen LogP contribution in [0.2, 0.25) is 0 Å². The standard InChI is InChI=1S/C13H8F2N2OS/c1-2-7-3-11(18)17(6-7)13-16-12-9(15)4-8(14)5-10(12)19-13/h1,4-5,7H,3,6H2. The molecule has 0 N–H and O–H groups in total. The van der Waals surface area contributed by atoms with E-state index in [1.165, 1.54) is 11.0 Å². The van der Waals surface area contributed by atoms with Gasteiger partial charge in [-0.3, -0.25) is 9.69 Å². The van der Waals surface area contributed by atoms with Crippen LogP contribution in [0.15, 0.2) is 12.1 Å². The Balaban J connectivity index is 2.05. The van der Waals surface area contributed by atoms with E-state index in [4.69, 9.17) is 6.42 Å². The molecule has 1 aromatic carbocycles. The van der Waals surface area contributed by atoms with Crippen LogP contribution in [-0.4, -0.2) is 17.4 Å². The lowest BCUT2D eigenvalue weighted by molar-refractivity contribution is -0.117. The fraction of sp³-hybridized carbons (Fsp3) is 0.231. The number of fused-ring (bicyclic) bond motifs is 1. The van der Waals surface area contributed by atoms with Gasteiger partial charge >= 0.3 is 0 Å². The van der Waals surface area contributed by atoms with Gasteiger partial charge in [0.05, 0.1) is 4.70 Å². The first-order chi connectivity index (χ1) is 9.08. The Labute approximate surface area is 111 Å². The van der Waals surface area contributed by atoms with E-state index in [2.05, 4.69) is 10.9 Å². The number of halogens is 2. The SMILES string of the molecule is C#CC1CC(=O)N(c2nc3c(F)cc(F)cc3s2)C1. The van der Waals surface area contributed by atoms with Crippen LogP contribution in [-0.2, 0) is 4.79 Å². The Morgan fingerprint density at radius 1 is 1.47 bits per heavy atom. The number of aromatic nitrogens is 1. The molecule has 2 heterocycles. The molecule has 1 aromatic heterocycles. The average molecular weight is 278 g/mol. The fourth-order valence-electron chi connectivity index (χ4n) is 2.07. The highest BCUT2D eigenvalue weighted by Gasteiger charge is 2.31. The summed E-state index contributed by atoms with van der Waals surface area (Å²) in [4.78, 5) is 17.3. The molecule has 96 valence electrons. The number of nitrogens with zero attached hydrogens (tertiary/aromatic N) is 2. The van der Waals surface area contributed by atoms with Crippen molar-refractivity contribution < 1.29 is 13.6 Å². The molecule has 1 amide bonds. The van der Waals surface area contributed by atoms with Gasteiger partial charge in [0.2, 0.25) is 5.91 Å². The first-order valence-corrected chi connectivity index (χ1v) is 6.42. The minimum absolute atomic E-state index is 0.0818. The zero-order chi connectivity index (χ0) is 13.6. The molecule has 3 rings (SSSR count). The summed E-state index contributed by atoms with van der Waals surface area (Å²) in [5, 5.41) is 0.363. The Kier molecular flexibility index (Phi) is 2.72. The van der Waals surface area contributed by atoms with E-state index in [-0.39, 0.29) is 23.8 Å². The van der Waals surface area contributed by atoms with E-state index in [1.54, 1.807) is 0 Å². The van der Waals surface area contributed by atoms with Gasteiger partial charge in [0.25, 0.3) is 0 Å². The topological polar surface area (TPSA) is 33.2 Å². The first kappa shape index (κ1) is 12.1. The van der Waals surface area contributed by atoms with Gasteiger partial charge in [-0.05, 0) is 6.07 Å². The number of carbonyl (C=O) groups is 1. The number of anilines is 1. The van der Waals surface area contributed by atoms with Gasteiger partial charge in [-0.1, -0.05) is 11.3 Å². The van der Waals surface area contributed by atoms with Crippen LogP contribution in [0.1, 0.15) is 6.42 Å². The molecule has 1 atom stereocenters. The molecule has 0 aliphatic carbocycles. The summed E-state index contributed by atoms with van der Waals surface area (Å²) in [5.41, 5.74) is 0.0818. The molecule has 3 nitrogen and oxygen atoms in total. The van der Waals surface area contributed by atoms with E-state index in [0.717, 1.165) is 17.4 Å². The lowest BCUT2D eigenvalue weighted by Crippen LogP contribution is -2.24. The van der Waals surface area contributed by atoms with E-state index in [1.807, 2.05) is 0 Å². The lowest BCUT2D eigenvalue weighted by atomic mass is 10.1. The monoisotopic (exact) mass is 278 g/mol. The number of hydrogen-bond donors (Lipinski definition) is 0. The second-order valence-corrected chi connectivity index (χ2v) is 5.31. The van der Waals surface area contributed by atoms with Crippen molar-refractivity contribution in [2.75, 3.05) is 11.4 Å². The van der Waals surface area contributed by atoms with Crippen molar-refractivity contribution in [1.29, 1.82) is 0 Å². The number of rotatable bonds is 1. The van der Waals surface area contributed by atoms with Crippen LogP contribution in [0.5, 0.6) is 0 Å². The Hall–Kier alpha value is -2.00. The minimum Gasteiger partial charge on any atom is -0.287 e. The fourth-order valence-corrected chi connectivity index (χ4v) is 3.10. The van der Waals surface area contributed by atoms with Crippen molar-refractivity contribution in [2.45, 2.75) is 6.42 Å². The van der Waals surface area contributed by atoms with Crippen LogP contribution in [0.4, 0.5) is 13.9 Å². The lowest BCUT2D eigenvalue weighted by Gasteiger charge is -2.10. The summed E-state index contributed by atoms with van der Waals surface area (Å²) < 4.78 is 27.0. The van der Waals surface area contributed by atoms with Gasteiger partial charge < -0.3 is 0 Å². The van der Waals surface area contributed by atoms with Crippen LogP contribution in [0, 0.1) is 29.9 Å². The number of hydrogen-bond acceptors (Lipinski definition) is 3. The van der Waals surface area contributed by atoms with Crippen molar-refractivity contribution in [3.63, 3.8) is 0 Å². The number of amides is 1. The van der Waals surface area contributed by atoms with Crippen molar-refractivity contribution in [1.82, 2.24) is 4.98 Å². The average Bonchev–Trinajstić information content (AvgIpc) is 2.92. The predicted molar refractivity (Wildman–Crippen MR) is 68.8 cm³/mol. The van der Waals surface area contributed by atoms with E-state index in [0.29, 0.717) is 16.4 Å². The molecule has 2 aromatic rings. The van der Waals surface area contributed by atoms with Crippen molar-refractivity contribution in [3.8, 4) is 12.3 Å². The zero-order valence-electron chi connectivity index (χ0n) is 9.69. The minimum atomic E-state index is -0.724. The predicted octanol–water partition coefficient (Wildman–Crippen LogP) is 2.56. The molecule has 0 bridgehead atoms. The summed E-state index contributed by atoms with van der Waals surface area (Å²) in [5.74, 6) is 0.858. The Bertz CT molecular complexity index is 719. The first-order valence-electron chi connectivity index (χ1n) is 5.60. The quantitative estimate of drug-likeness (QED) is 0.751. The zero-order valence-corrected chi connectivity index (χ0v) is 10.5. The van der Waals surface area contributed by atoms with Crippen molar-refractivity contribution >= 4 is 32.6 Å². The molecule has 1 saturated heterocycles. The van der Waals surface area contributed by atoms with E-state index < -0.39 is 11.6 Å². The van der Waals surface area contributed by atoms with Crippen LogP contribution in [0.3, 0.4) is 0 Å². The second kappa shape index (κ2) is 4.28. The number of thiazole rings is 1. The number of benzene rings is 1. The maximum Gasteiger partial charge on any atom is 0.230 e. The third kappa shape index (κ3) is 1.96. The van der Waals surface area contributed by atoms with Gasteiger partial charge in [0, 0.05) is 24.9 Å². The summed E-state index contributed by atoms with van der Waals surface area (Å²) in [6.07, 6.45) is 5.57. The molecule has 0 radical (unpaired) electrons. The normalized spacial score (nSPS) is 19.1. The van der Waals surface area contributed by atoms with Crippen molar-refractivity contribution in [3.05, 3.63) is 23.8 Å². The van der Waals surface area contributed by atoms with Crippen molar-refractivity contribution in [2.24, 2.45) is 5.92 Å². The highest BCUT2D eigenvalue weighted by Crippen LogP contribution is 2.34. The third-order valence-electron chi connectivity index (χ3n) is 2.99.